The van der Waals surface area contributed by atoms with Crippen molar-refractivity contribution in [1.82, 2.24) is 14.5 Å². The van der Waals surface area contributed by atoms with Crippen molar-refractivity contribution < 1.29 is 0 Å². The van der Waals surface area contributed by atoms with Crippen LogP contribution in [-0.4, -0.2) is 14.5 Å². The molecule has 2 heterocycles. The van der Waals surface area contributed by atoms with E-state index in [4.69, 9.17) is 9.97 Å². The van der Waals surface area contributed by atoms with E-state index in [0.29, 0.717) is 5.95 Å². The van der Waals surface area contributed by atoms with E-state index in [2.05, 4.69) is 108 Å². The Balaban J connectivity index is 1.51. The van der Waals surface area contributed by atoms with Crippen LogP contribution in [0.5, 0.6) is 0 Å². The van der Waals surface area contributed by atoms with Crippen molar-refractivity contribution in [3.05, 3.63) is 140 Å². The van der Waals surface area contributed by atoms with Crippen LogP contribution in [0.15, 0.2) is 140 Å². The lowest BCUT2D eigenvalue weighted by Gasteiger charge is -2.12. The van der Waals surface area contributed by atoms with Crippen LogP contribution in [0, 0.1) is 0 Å². The van der Waals surface area contributed by atoms with Crippen molar-refractivity contribution >= 4 is 21.8 Å². The monoisotopic (exact) mass is 473 g/mol. The lowest BCUT2D eigenvalue weighted by Crippen LogP contribution is -2.03. The summed E-state index contributed by atoms with van der Waals surface area (Å²) in [6, 6.07) is 48.4. The summed E-state index contributed by atoms with van der Waals surface area (Å²) < 4.78 is 2.19. The van der Waals surface area contributed by atoms with Crippen molar-refractivity contribution in [3.8, 4) is 39.6 Å². The first-order valence-electron chi connectivity index (χ1n) is 12.4. The molecule has 37 heavy (non-hydrogen) atoms. The number of benzene rings is 5. The smallest absolute Gasteiger partial charge is 0.235 e. The molecule has 0 atom stereocenters. The van der Waals surface area contributed by atoms with Crippen molar-refractivity contribution in [2.45, 2.75) is 0 Å². The molecule has 3 nitrogen and oxygen atoms in total. The van der Waals surface area contributed by atoms with Crippen LogP contribution in [0.1, 0.15) is 0 Å². The summed E-state index contributed by atoms with van der Waals surface area (Å²) in [6.45, 7) is 0. The van der Waals surface area contributed by atoms with Crippen molar-refractivity contribution in [3.63, 3.8) is 0 Å². The van der Waals surface area contributed by atoms with E-state index in [-0.39, 0.29) is 0 Å². The zero-order chi connectivity index (χ0) is 24.6. The van der Waals surface area contributed by atoms with Gasteiger partial charge in [0.05, 0.1) is 22.4 Å². The number of hydrogen-bond acceptors (Lipinski definition) is 2. The summed E-state index contributed by atoms with van der Waals surface area (Å²) in [5.74, 6) is 0.666. The van der Waals surface area contributed by atoms with Crippen LogP contribution in [0.4, 0.5) is 0 Å². The van der Waals surface area contributed by atoms with Crippen molar-refractivity contribution in [1.29, 1.82) is 0 Å². The van der Waals surface area contributed by atoms with Crippen LogP contribution in [0.2, 0.25) is 0 Å². The van der Waals surface area contributed by atoms with Gasteiger partial charge >= 0.3 is 0 Å². The minimum atomic E-state index is 0.666. The molecule has 0 saturated heterocycles. The second-order valence-electron chi connectivity index (χ2n) is 9.12. The molecular formula is C34H23N3. The van der Waals surface area contributed by atoms with Gasteiger partial charge < -0.3 is 0 Å². The van der Waals surface area contributed by atoms with E-state index in [1.54, 1.807) is 0 Å². The summed E-state index contributed by atoms with van der Waals surface area (Å²) in [6.07, 6.45) is 0. The maximum absolute atomic E-state index is 5.10. The average Bonchev–Trinajstić information content (AvgIpc) is 3.32. The lowest BCUT2D eigenvalue weighted by molar-refractivity contribution is 0.995. The maximum atomic E-state index is 5.10. The van der Waals surface area contributed by atoms with Gasteiger partial charge in [-0.2, -0.15) is 0 Å². The van der Waals surface area contributed by atoms with Gasteiger partial charge in [-0.25, -0.2) is 9.97 Å². The van der Waals surface area contributed by atoms with Gasteiger partial charge in [0.25, 0.3) is 0 Å². The van der Waals surface area contributed by atoms with Gasteiger partial charge in [0.15, 0.2) is 0 Å². The molecule has 0 amide bonds. The fourth-order valence-electron chi connectivity index (χ4n) is 5.05. The zero-order valence-electron chi connectivity index (χ0n) is 20.1. The molecule has 174 valence electrons. The molecular weight excluding hydrogens is 450 g/mol. The van der Waals surface area contributed by atoms with E-state index in [0.717, 1.165) is 33.5 Å². The standard InChI is InChI=1S/C34H23N3/c1-4-12-24(13-5-1)27-20-21-33-29(22-27)28-18-10-11-19-32(28)37(33)34-35-30(25-14-6-2-7-15-25)23-31(36-34)26-16-8-3-9-17-26/h1-23H. The van der Waals surface area contributed by atoms with Gasteiger partial charge in [-0.15, -0.1) is 0 Å². The highest BCUT2D eigenvalue weighted by Crippen LogP contribution is 2.35. The minimum absolute atomic E-state index is 0.666. The summed E-state index contributed by atoms with van der Waals surface area (Å²) in [7, 11) is 0. The van der Waals surface area contributed by atoms with E-state index < -0.39 is 0 Å². The Labute approximate surface area is 215 Å². The normalized spacial score (nSPS) is 11.2. The molecule has 0 radical (unpaired) electrons. The predicted octanol–water partition coefficient (Wildman–Crippen LogP) is 8.57. The molecule has 0 aliphatic heterocycles. The third-order valence-corrected chi connectivity index (χ3v) is 6.83. The van der Waals surface area contributed by atoms with E-state index >= 15 is 0 Å². The third kappa shape index (κ3) is 3.78. The summed E-state index contributed by atoms with van der Waals surface area (Å²) in [5, 5.41) is 2.37. The van der Waals surface area contributed by atoms with E-state index in [9.17, 15) is 0 Å². The topological polar surface area (TPSA) is 30.7 Å². The average molecular weight is 474 g/mol. The molecule has 3 heteroatoms. The molecule has 0 aliphatic carbocycles. The second-order valence-corrected chi connectivity index (χ2v) is 9.12. The Morgan fingerprint density at radius 1 is 0.378 bits per heavy atom. The minimum Gasteiger partial charge on any atom is -0.278 e. The molecule has 2 aromatic heterocycles. The Kier molecular flexibility index (Phi) is 5.11. The lowest BCUT2D eigenvalue weighted by atomic mass is 10.0. The molecule has 5 aromatic carbocycles. The van der Waals surface area contributed by atoms with E-state index in [1.807, 2.05) is 36.4 Å². The zero-order valence-corrected chi connectivity index (χ0v) is 20.1. The molecule has 0 saturated carbocycles. The van der Waals surface area contributed by atoms with Crippen LogP contribution in [-0.2, 0) is 0 Å². The molecule has 0 N–H and O–H groups in total. The largest absolute Gasteiger partial charge is 0.278 e. The van der Waals surface area contributed by atoms with Crippen LogP contribution in [0.25, 0.3) is 61.4 Å². The van der Waals surface area contributed by atoms with E-state index in [1.165, 1.54) is 21.9 Å². The quantitative estimate of drug-likeness (QED) is 0.256. The first kappa shape index (κ1) is 21.3. The second kappa shape index (κ2) is 8.89. The molecule has 7 rings (SSSR count). The van der Waals surface area contributed by atoms with Gasteiger partial charge in [-0.3, -0.25) is 4.57 Å². The molecule has 0 fully saturated rings. The molecule has 7 aromatic rings. The molecule has 0 aliphatic rings. The molecule has 0 bridgehead atoms. The Morgan fingerprint density at radius 2 is 0.892 bits per heavy atom. The SMILES string of the molecule is c1ccc(-c2ccc3c(c2)c2ccccc2n3-c2nc(-c3ccccc3)cc(-c3ccccc3)n2)cc1. The van der Waals surface area contributed by atoms with Gasteiger partial charge in [0, 0.05) is 21.9 Å². The molecule has 0 spiro atoms. The number of rotatable bonds is 4. The highest BCUT2D eigenvalue weighted by atomic mass is 15.2. The van der Waals surface area contributed by atoms with Crippen molar-refractivity contribution in [2.75, 3.05) is 0 Å². The van der Waals surface area contributed by atoms with Crippen LogP contribution < -0.4 is 0 Å². The van der Waals surface area contributed by atoms with Gasteiger partial charge in [-0.1, -0.05) is 115 Å². The molecule has 0 unspecified atom stereocenters. The van der Waals surface area contributed by atoms with Crippen molar-refractivity contribution in [2.24, 2.45) is 0 Å². The first-order chi connectivity index (χ1) is 18.3. The Bertz CT molecular complexity index is 1800. The number of para-hydroxylation sites is 1. The fourth-order valence-corrected chi connectivity index (χ4v) is 5.05. The Hall–Kier alpha value is -5.02. The first-order valence-corrected chi connectivity index (χ1v) is 12.4. The Morgan fingerprint density at radius 3 is 1.51 bits per heavy atom. The van der Waals surface area contributed by atoms with Gasteiger partial charge in [-0.05, 0) is 35.4 Å². The number of hydrogen-bond donors (Lipinski definition) is 0. The highest BCUT2D eigenvalue weighted by Gasteiger charge is 2.17. The fraction of sp³-hybridized carbons (Fsp3) is 0. The maximum Gasteiger partial charge on any atom is 0.235 e. The van der Waals surface area contributed by atoms with Gasteiger partial charge in [0.2, 0.25) is 5.95 Å². The number of aromatic nitrogens is 3. The van der Waals surface area contributed by atoms with Crippen LogP contribution >= 0.6 is 0 Å². The highest BCUT2D eigenvalue weighted by molar-refractivity contribution is 6.10. The van der Waals surface area contributed by atoms with Crippen LogP contribution in [0.3, 0.4) is 0 Å². The summed E-state index contributed by atoms with van der Waals surface area (Å²) >= 11 is 0. The number of fused-ring (bicyclic) bond motifs is 3. The van der Waals surface area contributed by atoms with Gasteiger partial charge in [0.1, 0.15) is 0 Å². The third-order valence-electron chi connectivity index (χ3n) is 6.83. The summed E-state index contributed by atoms with van der Waals surface area (Å²) in [4.78, 5) is 10.2. The summed E-state index contributed by atoms with van der Waals surface area (Å²) in [5.41, 5.74) is 8.50. The number of nitrogens with zero attached hydrogens (tertiary/aromatic N) is 3. The predicted molar refractivity (Wildman–Crippen MR) is 153 cm³/mol.